The molecule has 0 aliphatic carbocycles. The van der Waals surface area contributed by atoms with E-state index >= 15 is 0 Å². The third-order valence-electron chi connectivity index (χ3n) is 4.95. The number of halogens is 1. The summed E-state index contributed by atoms with van der Waals surface area (Å²) in [6.45, 7) is 1.62. The molecule has 162 valence electrons. The Morgan fingerprint density at radius 1 is 1.16 bits per heavy atom. The minimum atomic E-state index is -0.938. The number of carbonyl (C=O) groups is 3. The minimum absolute atomic E-state index is 0.0732. The van der Waals surface area contributed by atoms with Crippen molar-refractivity contribution in [2.45, 2.75) is 13.0 Å². The Morgan fingerprint density at radius 3 is 2.44 bits per heavy atom. The Hall–Kier alpha value is -3.37. The molecule has 1 aromatic carbocycles. The number of hydrogen-bond acceptors (Lipinski definition) is 8. The Morgan fingerprint density at radius 2 is 1.81 bits per heavy atom. The summed E-state index contributed by atoms with van der Waals surface area (Å²) in [5, 5.41) is 11.2. The van der Waals surface area contributed by atoms with E-state index in [2.05, 4.69) is 25.9 Å². The number of ether oxygens (including phenoxy) is 1. The Bertz CT molecular complexity index is 1250. The van der Waals surface area contributed by atoms with Crippen molar-refractivity contribution in [1.29, 1.82) is 0 Å². The third kappa shape index (κ3) is 3.71. The van der Waals surface area contributed by atoms with E-state index in [0.29, 0.717) is 16.8 Å². The molecule has 10 heteroatoms. The number of Topliss-reactive ketones (excluding diaryl/α,β-unsaturated/α-hetero) is 1. The van der Waals surface area contributed by atoms with Gasteiger partial charge in [0, 0.05) is 22.4 Å². The second-order valence-electron chi connectivity index (χ2n) is 6.86. The van der Waals surface area contributed by atoms with E-state index in [0.717, 1.165) is 15.8 Å². The number of benzene rings is 1. The first-order valence-electron chi connectivity index (χ1n) is 9.36. The molecule has 1 saturated heterocycles. The van der Waals surface area contributed by atoms with E-state index < -0.39 is 23.7 Å². The molecular weight excluding hydrogens is 498 g/mol. The number of aliphatic hydroxyl groups is 1. The first-order chi connectivity index (χ1) is 15.3. The highest BCUT2D eigenvalue weighted by Gasteiger charge is 2.48. The normalized spacial score (nSPS) is 17.6. The maximum absolute atomic E-state index is 13.1. The lowest BCUT2D eigenvalue weighted by atomic mass is 9.96. The quantitative estimate of drug-likeness (QED) is 0.242. The molecule has 1 aliphatic rings. The highest BCUT2D eigenvalue weighted by Crippen LogP contribution is 2.44. The molecule has 2 aromatic heterocycles. The zero-order chi connectivity index (χ0) is 23.0. The van der Waals surface area contributed by atoms with Gasteiger partial charge >= 0.3 is 11.9 Å². The van der Waals surface area contributed by atoms with Crippen LogP contribution in [0.4, 0.5) is 5.13 Å². The van der Waals surface area contributed by atoms with Crippen LogP contribution in [0, 0.1) is 6.92 Å². The topological polar surface area (TPSA) is 110 Å². The van der Waals surface area contributed by atoms with Crippen molar-refractivity contribution in [3.63, 3.8) is 0 Å². The van der Waals surface area contributed by atoms with Crippen molar-refractivity contribution in [2.24, 2.45) is 0 Å². The predicted octanol–water partition coefficient (Wildman–Crippen LogP) is 4.02. The molecule has 0 radical (unpaired) electrons. The molecular formula is C22H16BrN3O5S. The standard InChI is InChI=1S/C22H16BrN3O5S/c1-11-19(21(30)31-2)32-22(25-11)26-16(12-3-5-14(23)6-4-12)15(18(28)20(26)29)17(27)13-7-9-24-10-8-13/h3-10,16,27H,1-2H3/b17-15+. The van der Waals surface area contributed by atoms with Crippen molar-refractivity contribution < 1.29 is 24.2 Å². The SMILES string of the molecule is COC(=O)c1sc(N2C(=O)C(=O)/C(=C(/O)c3ccncc3)C2c2ccc(Br)cc2)nc1C. The number of anilines is 1. The average Bonchev–Trinajstić information content (AvgIpc) is 3.31. The molecule has 4 rings (SSSR count). The lowest BCUT2D eigenvalue weighted by Crippen LogP contribution is -2.29. The van der Waals surface area contributed by atoms with Crippen LogP contribution in [0.5, 0.6) is 0 Å². The number of aromatic nitrogens is 2. The Balaban J connectivity index is 1.93. The van der Waals surface area contributed by atoms with E-state index in [1.165, 1.54) is 24.4 Å². The van der Waals surface area contributed by atoms with Gasteiger partial charge in [0.2, 0.25) is 0 Å². The van der Waals surface area contributed by atoms with Gasteiger partial charge in [-0.15, -0.1) is 0 Å². The van der Waals surface area contributed by atoms with Crippen LogP contribution in [-0.4, -0.2) is 39.8 Å². The van der Waals surface area contributed by atoms with Gasteiger partial charge in [-0.2, -0.15) is 0 Å². The zero-order valence-corrected chi connectivity index (χ0v) is 19.3. The summed E-state index contributed by atoms with van der Waals surface area (Å²) in [5.41, 5.74) is 1.25. The monoisotopic (exact) mass is 513 g/mol. The lowest BCUT2D eigenvalue weighted by Gasteiger charge is -2.23. The first kappa shape index (κ1) is 21.8. The van der Waals surface area contributed by atoms with Crippen LogP contribution in [0.15, 0.2) is 58.8 Å². The molecule has 1 aliphatic heterocycles. The number of esters is 1. The molecule has 0 bridgehead atoms. The summed E-state index contributed by atoms with van der Waals surface area (Å²) in [6, 6.07) is 9.19. The van der Waals surface area contributed by atoms with Crippen LogP contribution in [-0.2, 0) is 14.3 Å². The highest BCUT2D eigenvalue weighted by atomic mass is 79.9. The van der Waals surface area contributed by atoms with Gasteiger partial charge in [-0.25, -0.2) is 9.78 Å². The summed E-state index contributed by atoms with van der Waals surface area (Å²) < 4.78 is 5.59. The smallest absolute Gasteiger partial charge is 0.350 e. The summed E-state index contributed by atoms with van der Waals surface area (Å²) >= 11 is 4.33. The van der Waals surface area contributed by atoms with E-state index in [4.69, 9.17) is 4.74 Å². The average molecular weight is 514 g/mol. The molecule has 1 atom stereocenters. The molecule has 1 fully saturated rings. The number of methoxy groups -OCH3 is 1. The number of pyridine rings is 1. The summed E-state index contributed by atoms with van der Waals surface area (Å²) in [5.74, 6) is -2.60. The van der Waals surface area contributed by atoms with Crippen LogP contribution < -0.4 is 4.90 Å². The van der Waals surface area contributed by atoms with Crippen LogP contribution in [0.2, 0.25) is 0 Å². The zero-order valence-electron chi connectivity index (χ0n) is 16.9. The lowest BCUT2D eigenvalue weighted by molar-refractivity contribution is -0.132. The summed E-state index contributed by atoms with van der Waals surface area (Å²) in [4.78, 5) is 48.0. The molecule has 1 N–H and O–H groups in total. The number of hydrogen-bond donors (Lipinski definition) is 1. The molecule has 0 spiro atoms. The van der Waals surface area contributed by atoms with Crippen LogP contribution in [0.1, 0.15) is 32.5 Å². The molecule has 32 heavy (non-hydrogen) atoms. The second kappa shape index (κ2) is 8.64. The number of aliphatic hydroxyl groups excluding tert-OH is 1. The molecule has 1 unspecified atom stereocenters. The predicted molar refractivity (Wildman–Crippen MR) is 121 cm³/mol. The number of aryl methyl sites for hydroxylation is 1. The Kier molecular flexibility index (Phi) is 5.90. The van der Waals surface area contributed by atoms with Crippen LogP contribution in [0.25, 0.3) is 5.76 Å². The van der Waals surface area contributed by atoms with Crippen molar-refractivity contribution >= 4 is 55.8 Å². The number of nitrogens with zero attached hydrogens (tertiary/aromatic N) is 3. The van der Waals surface area contributed by atoms with E-state index in [1.807, 2.05) is 0 Å². The van der Waals surface area contributed by atoms with Gasteiger partial charge in [0.1, 0.15) is 10.6 Å². The minimum Gasteiger partial charge on any atom is -0.507 e. The number of carbonyl (C=O) groups excluding carboxylic acids is 3. The van der Waals surface area contributed by atoms with Gasteiger partial charge < -0.3 is 9.84 Å². The maximum atomic E-state index is 13.1. The largest absolute Gasteiger partial charge is 0.507 e. The number of ketones is 1. The van der Waals surface area contributed by atoms with Gasteiger partial charge in [-0.3, -0.25) is 19.5 Å². The van der Waals surface area contributed by atoms with Crippen molar-refractivity contribution in [3.05, 3.63) is 80.5 Å². The fraction of sp³-hybridized carbons (Fsp3) is 0.136. The summed E-state index contributed by atoms with van der Waals surface area (Å²) in [7, 11) is 1.25. The molecule has 1 amide bonds. The van der Waals surface area contributed by atoms with Crippen LogP contribution in [0.3, 0.4) is 0 Å². The second-order valence-corrected chi connectivity index (χ2v) is 8.75. The highest BCUT2D eigenvalue weighted by molar-refractivity contribution is 9.10. The van der Waals surface area contributed by atoms with Crippen molar-refractivity contribution in [1.82, 2.24) is 9.97 Å². The van der Waals surface area contributed by atoms with Gasteiger partial charge in [0.15, 0.2) is 5.13 Å². The van der Waals surface area contributed by atoms with E-state index in [-0.39, 0.29) is 21.3 Å². The van der Waals surface area contributed by atoms with Crippen LogP contribution >= 0.6 is 27.3 Å². The molecule has 8 nitrogen and oxygen atoms in total. The Labute approximate surface area is 195 Å². The number of amides is 1. The molecule has 3 heterocycles. The summed E-state index contributed by atoms with van der Waals surface area (Å²) in [6.07, 6.45) is 2.96. The third-order valence-corrected chi connectivity index (χ3v) is 6.61. The van der Waals surface area contributed by atoms with Gasteiger partial charge in [0.05, 0.1) is 24.4 Å². The van der Waals surface area contributed by atoms with Crippen molar-refractivity contribution in [3.8, 4) is 0 Å². The van der Waals surface area contributed by atoms with Gasteiger partial charge in [-0.05, 0) is 36.8 Å². The fourth-order valence-electron chi connectivity index (χ4n) is 3.42. The van der Waals surface area contributed by atoms with E-state index in [9.17, 15) is 19.5 Å². The van der Waals surface area contributed by atoms with Crippen molar-refractivity contribution in [2.75, 3.05) is 12.0 Å². The van der Waals surface area contributed by atoms with Gasteiger partial charge in [0.25, 0.3) is 5.78 Å². The van der Waals surface area contributed by atoms with Gasteiger partial charge in [-0.1, -0.05) is 39.4 Å². The molecule has 3 aromatic rings. The number of rotatable bonds is 4. The van der Waals surface area contributed by atoms with E-state index in [1.54, 1.807) is 43.3 Å². The maximum Gasteiger partial charge on any atom is 0.350 e. The fourth-order valence-corrected chi connectivity index (χ4v) is 4.70. The molecule has 0 saturated carbocycles. The first-order valence-corrected chi connectivity index (χ1v) is 11.0. The number of thiazole rings is 1.